The summed E-state index contributed by atoms with van der Waals surface area (Å²) in [6, 6.07) is 3.01. The first-order valence-corrected chi connectivity index (χ1v) is 5.77. The molecule has 18 heavy (non-hydrogen) atoms. The van der Waals surface area contributed by atoms with E-state index in [2.05, 4.69) is 10.2 Å². The lowest BCUT2D eigenvalue weighted by Gasteiger charge is -2.10. The van der Waals surface area contributed by atoms with Crippen LogP contribution in [0.2, 0.25) is 10.0 Å². The standard InChI is InChI=1S/C11H9Cl2N3O2/c1-16-6-14-15-10(16)5-18-11-7(4-17)2-8(12)3-9(11)13/h2-4,6H,5H2,1H3. The number of aryl methyl sites for hydroxylation is 1. The Bertz CT molecular complexity index is 584. The monoisotopic (exact) mass is 285 g/mol. The molecule has 0 spiro atoms. The highest BCUT2D eigenvalue weighted by atomic mass is 35.5. The molecule has 0 N–H and O–H groups in total. The molecule has 1 heterocycles. The van der Waals surface area contributed by atoms with Crippen LogP contribution in [0.15, 0.2) is 18.5 Å². The Morgan fingerprint density at radius 2 is 2.22 bits per heavy atom. The quantitative estimate of drug-likeness (QED) is 0.810. The minimum absolute atomic E-state index is 0.165. The van der Waals surface area contributed by atoms with E-state index in [0.717, 1.165) is 0 Å². The predicted octanol–water partition coefficient (Wildman–Crippen LogP) is 2.51. The number of hydrogen-bond donors (Lipinski definition) is 0. The Kier molecular flexibility index (Phi) is 3.84. The Morgan fingerprint density at radius 1 is 1.44 bits per heavy atom. The summed E-state index contributed by atoms with van der Waals surface area (Å²) in [5.74, 6) is 0.914. The third kappa shape index (κ3) is 2.63. The van der Waals surface area contributed by atoms with Gasteiger partial charge in [0.25, 0.3) is 0 Å². The van der Waals surface area contributed by atoms with Crippen molar-refractivity contribution in [2.75, 3.05) is 0 Å². The summed E-state index contributed by atoms with van der Waals surface area (Å²) in [6.45, 7) is 0.165. The van der Waals surface area contributed by atoms with E-state index in [1.54, 1.807) is 17.9 Å². The average Bonchev–Trinajstić information content (AvgIpc) is 2.73. The first-order chi connectivity index (χ1) is 8.61. The number of carbonyl (C=O) groups excluding carboxylic acids is 1. The van der Waals surface area contributed by atoms with Crippen molar-refractivity contribution in [3.05, 3.63) is 39.9 Å². The predicted molar refractivity (Wildman–Crippen MR) is 67.2 cm³/mol. The SMILES string of the molecule is Cn1cnnc1COc1c(Cl)cc(Cl)cc1C=O. The van der Waals surface area contributed by atoms with Crippen molar-refractivity contribution in [3.8, 4) is 5.75 Å². The van der Waals surface area contributed by atoms with Crippen molar-refractivity contribution >= 4 is 29.5 Å². The van der Waals surface area contributed by atoms with Crippen molar-refractivity contribution in [3.63, 3.8) is 0 Å². The van der Waals surface area contributed by atoms with E-state index in [1.165, 1.54) is 12.1 Å². The zero-order chi connectivity index (χ0) is 13.1. The van der Waals surface area contributed by atoms with Crippen molar-refractivity contribution in [2.24, 2.45) is 7.05 Å². The molecule has 1 aromatic heterocycles. The second-order valence-corrected chi connectivity index (χ2v) is 4.41. The molecular formula is C11H9Cl2N3O2. The van der Waals surface area contributed by atoms with E-state index >= 15 is 0 Å². The second-order valence-electron chi connectivity index (χ2n) is 3.57. The maximum atomic E-state index is 10.9. The number of aromatic nitrogens is 3. The summed E-state index contributed by atoms with van der Waals surface area (Å²) in [5.41, 5.74) is 0.301. The van der Waals surface area contributed by atoms with Gasteiger partial charge in [-0.1, -0.05) is 23.2 Å². The molecule has 7 heteroatoms. The van der Waals surface area contributed by atoms with Crippen LogP contribution in [0.3, 0.4) is 0 Å². The van der Waals surface area contributed by atoms with Crippen LogP contribution in [-0.2, 0) is 13.7 Å². The number of ether oxygens (including phenoxy) is 1. The highest BCUT2D eigenvalue weighted by Crippen LogP contribution is 2.31. The van der Waals surface area contributed by atoms with Crippen LogP contribution >= 0.6 is 23.2 Å². The molecule has 0 aliphatic carbocycles. The van der Waals surface area contributed by atoms with Gasteiger partial charge < -0.3 is 9.30 Å². The molecule has 0 bridgehead atoms. The summed E-state index contributed by atoms with van der Waals surface area (Å²) >= 11 is 11.8. The van der Waals surface area contributed by atoms with E-state index in [1.807, 2.05) is 0 Å². The highest BCUT2D eigenvalue weighted by Gasteiger charge is 2.11. The van der Waals surface area contributed by atoms with Gasteiger partial charge >= 0.3 is 0 Å². The fourth-order valence-electron chi connectivity index (χ4n) is 1.39. The molecule has 0 fully saturated rings. The molecule has 0 unspecified atom stereocenters. The summed E-state index contributed by atoms with van der Waals surface area (Å²) in [7, 11) is 1.79. The van der Waals surface area contributed by atoms with Crippen molar-refractivity contribution < 1.29 is 9.53 Å². The fraction of sp³-hybridized carbons (Fsp3) is 0.182. The lowest BCUT2D eigenvalue weighted by Crippen LogP contribution is -2.04. The number of halogens is 2. The number of aldehydes is 1. The molecule has 0 saturated heterocycles. The first kappa shape index (κ1) is 12.9. The lowest BCUT2D eigenvalue weighted by atomic mass is 10.2. The Labute approximate surface area is 113 Å². The van der Waals surface area contributed by atoms with Gasteiger partial charge in [0.05, 0.1) is 10.6 Å². The normalized spacial score (nSPS) is 10.4. The Morgan fingerprint density at radius 3 is 2.83 bits per heavy atom. The summed E-state index contributed by atoms with van der Waals surface area (Å²) in [4.78, 5) is 10.9. The highest BCUT2D eigenvalue weighted by molar-refractivity contribution is 6.36. The van der Waals surface area contributed by atoms with Gasteiger partial charge in [0.15, 0.2) is 12.1 Å². The molecule has 0 atom stereocenters. The van der Waals surface area contributed by atoms with E-state index in [0.29, 0.717) is 28.4 Å². The van der Waals surface area contributed by atoms with Gasteiger partial charge in [-0.2, -0.15) is 0 Å². The van der Waals surface area contributed by atoms with Crippen LogP contribution < -0.4 is 4.74 Å². The van der Waals surface area contributed by atoms with Crippen LogP contribution in [-0.4, -0.2) is 21.1 Å². The largest absolute Gasteiger partial charge is 0.483 e. The number of carbonyl (C=O) groups is 1. The number of benzene rings is 1. The topological polar surface area (TPSA) is 57.0 Å². The second kappa shape index (κ2) is 5.37. The van der Waals surface area contributed by atoms with E-state index in [9.17, 15) is 4.79 Å². The zero-order valence-electron chi connectivity index (χ0n) is 9.43. The maximum absolute atomic E-state index is 10.9. The molecule has 2 rings (SSSR count). The van der Waals surface area contributed by atoms with Crippen LogP contribution in [0.1, 0.15) is 16.2 Å². The molecule has 0 amide bonds. The third-order valence-corrected chi connectivity index (χ3v) is 2.81. The number of hydrogen-bond acceptors (Lipinski definition) is 4. The minimum atomic E-state index is 0.165. The van der Waals surface area contributed by atoms with Crippen LogP contribution in [0, 0.1) is 0 Å². The van der Waals surface area contributed by atoms with Gasteiger partial charge in [0.1, 0.15) is 18.7 Å². The van der Waals surface area contributed by atoms with Crippen molar-refractivity contribution in [1.29, 1.82) is 0 Å². The molecule has 0 radical (unpaired) electrons. The lowest BCUT2D eigenvalue weighted by molar-refractivity contribution is 0.111. The molecule has 5 nitrogen and oxygen atoms in total. The van der Waals surface area contributed by atoms with Crippen molar-refractivity contribution in [1.82, 2.24) is 14.8 Å². The summed E-state index contributed by atoms with van der Waals surface area (Å²) in [5, 5.41) is 8.25. The van der Waals surface area contributed by atoms with Gasteiger partial charge in [-0.15, -0.1) is 10.2 Å². The molecule has 2 aromatic rings. The minimum Gasteiger partial charge on any atom is -0.483 e. The van der Waals surface area contributed by atoms with Crippen LogP contribution in [0.5, 0.6) is 5.75 Å². The van der Waals surface area contributed by atoms with E-state index < -0.39 is 0 Å². The molecular weight excluding hydrogens is 277 g/mol. The number of rotatable bonds is 4. The first-order valence-electron chi connectivity index (χ1n) is 5.01. The van der Waals surface area contributed by atoms with Crippen molar-refractivity contribution in [2.45, 2.75) is 6.61 Å². The van der Waals surface area contributed by atoms with Crippen LogP contribution in [0.4, 0.5) is 0 Å². The molecule has 1 aromatic carbocycles. The fourth-order valence-corrected chi connectivity index (χ4v) is 1.96. The van der Waals surface area contributed by atoms with Gasteiger partial charge in [-0.05, 0) is 12.1 Å². The molecule has 0 aliphatic rings. The smallest absolute Gasteiger partial charge is 0.170 e. The summed E-state index contributed by atoms with van der Waals surface area (Å²) in [6.07, 6.45) is 2.20. The van der Waals surface area contributed by atoms with Gasteiger partial charge in [0.2, 0.25) is 0 Å². The van der Waals surface area contributed by atoms with Crippen LogP contribution in [0.25, 0.3) is 0 Å². The Balaban J connectivity index is 2.24. The van der Waals surface area contributed by atoms with Gasteiger partial charge in [-0.3, -0.25) is 4.79 Å². The zero-order valence-corrected chi connectivity index (χ0v) is 10.9. The molecule has 0 aliphatic heterocycles. The molecule has 94 valence electrons. The van der Waals surface area contributed by atoms with Gasteiger partial charge in [0, 0.05) is 12.1 Å². The summed E-state index contributed by atoms with van der Waals surface area (Å²) < 4.78 is 7.21. The third-order valence-electron chi connectivity index (χ3n) is 2.31. The van der Waals surface area contributed by atoms with E-state index in [4.69, 9.17) is 27.9 Å². The maximum Gasteiger partial charge on any atom is 0.170 e. The Hall–Kier alpha value is -1.59. The van der Waals surface area contributed by atoms with E-state index in [-0.39, 0.29) is 11.6 Å². The van der Waals surface area contributed by atoms with Gasteiger partial charge in [-0.25, -0.2) is 0 Å². The molecule has 0 saturated carbocycles. The number of nitrogens with zero attached hydrogens (tertiary/aromatic N) is 3. The average molecular weight is 286 g/mol.